The van der Waals surface area contributed by atoms with Crippen molar-refractivity contribution in [1.82, 2.24) is 4.90 Å². The van der Waals surface area contributed by atoms with Gasteiger partial charge in [-0.2, -0.15) is 0 Å². The average Bonchev–Trinajstić information content (AvgIpc) is 2.97. The van der Waals surface area contributed by atoms with Gasteiger partial charge in [0, 0.05) is 12.5 Å². The predicted molar refractivity (Wildman–Crippen MR) is 72.7 cm³/mol. The molecule has 1 aliphatic carbocycles. The Hall–Kier alpha value is -0.570. The number of unbranched alkanes of at least 4 members (excludes halogenated alkanes) is 2. The molecule has 1 heterocycles. The third-order valence-electron chi connectivity index (χ3n) is 4.69. The molecule has 0 bridgehead atoms. The number of carboxylic acid groups (broad SMARTS) is 1. The summed E-state index contributed by atoms with van der Waals surface area (Å²) < 4.78 is 0. The third kappa shape index (κ3) is 3.98. The van der Waals surface area contributed by atoms with E-state index < -0.39 is 5.97 Å². The number of rotatable bonds is 7. The van der Waals surface area contributed by atoms with Gasteiger partial charge in [-0.1, -0.05) is 19.3 Å². The van der Waals surface area contributed by atoms with Gasteiger partial charge in [0.2, 0.25) is 0 Å². The third-order valence-corrected chi connectivity index (χ3v) is 4.69. The molecule has 0 aromatic heterocycles. The van der Waals surface area contributed by atoms with Gasteiger partial charge >= 0.3 is 5.97 Å². The highest BCUT2D eigenvalue weighted by Gasteiger charge is 2.32. The minimum absolute atomic E-state index is 0.339. The van der Waals surface area contributed by atoms with Crippen LogP contribution in [0.1, 0.15) is 64.2 Å². The molecule has 18 heavy (non-hydrogen) atoms. The molecule has 1 aliphatic heterocycles. The maximum Gasteiger partial charge on any atom is 0.303 e. The van der Waals surface area contributed by atoms with Crippen LogP contribution in [0, 0.1) is 5.92 Å². The molecule has 2 fully saturated rings. The van der Waals surface area contributed by atoms with Gasteiger partial charge in [0.1, 0.15) is 0 Å². The first-order valence-corrected chi connectivity index (χ1v) is 7.73. The van der Waals surface area contributed by atoms with Crippen LogP contribution in [-0.4, -0.2) is 35.1 Å². The number of likely N-dealkylation sites (tertiary alicyclic amines) is 1. The second kappa shape index (κ2) is 7.13. The summed E-state index contributed by atoms with van der Waals surface area (Å²) >= 11 is 0. The fraction of sp³-hybridized carbons (Fsp3) is 0.933. The molecule has 0 radical (unpaired) electrons. The molecule has 3 nitrogen and oxygen atoms in total. The minimum Gasteiger partial charge on any atom is -0.481 e. The van der Waals surface area contributed by atoms with Crippen molar-refractivity contribution in [1.29, 1.82) is 0 Å². The Kier molecular flexibility index (Phi) is 5.48. The Morgan fingerprint density at radius 1 is 1.06 bits per heavy atom. The van der Waals surface area contributed by atoms with Gasteiger partial charge in [0.25, 0.3) is 0 Å². The molecule has 1 N–H and O–H groups in total. The first-order valence-electron chi connectivity index (χ1n) is 7.73. The summed E-state index contributed by atoms with van der Waals surface area (Å²) in [6, 6.07) is 0.854. The summed E-state index contributed by atoms with van der Waals surface area (Å²) in [5.41, 5.74) is 0. The van der Waals surface area contributed by atoms with E-state index in [1.54, 1.807) is 0 Å². The topological polar surface area (TPSA) is 40.5 Å². The Bertz CT molecular complexity index is 261. The van der Waals surface area contributed by atoms with Crippen LogP contribution in [0.4, 0.5) is 0 Å². The van der Waals surface area contributed by atoms with Crippen LogP contribution in [0.3, 0.4) is 0 Å². The van der Waals surface area contributed by atoms with E-state index in [4.69, 9.17) is 5.11 Å². The second-order valence-corrected chi connectivity index (χ2v) is 5.99. The molecule has 1 saturated carbocycles. The van der Waals surface area contributed by atoms with Crippen LogP contribution < -0.4 is 0 Å². The Balaban J connectivity index is 1.63. The van der Waals surface area contributed by atoms with Crippen molar-refractivity contribution in [2.45, 2.75) is 70.3 Å². The molecule has 0 spiro atoms. The van der Waals surface area contributed by atoms with Crippen molar-refractivity contribution in [2.75, 3.05) is 13.1 Å². The van der Waals surface area contributed by atoms with E-state index in [1.165, 1.54) is 58.0 Å². The second-order valence-electron chi connectivity index (χ2n) is 5.99. The fourth-order valence-corrected chi connectivity index (χ4v) is 3.77. The smallest absolute Gasteiger partial charge is 0.303 e. The molecule has 0 amide bonds. The molecular weight excluding hydrogens is 226 g/mol. The van der Waals surface area contributed by atoms with Gasteiger partial charge in [0.15, 0.2) is 0 Å². The summed E-state index contributed by atoms with van der Waals surface area (Å²) in [6.07, 6.45) is 12.0. The molecule has 2 aliphatic rings. The van der Waals surface area contributed by atoms with E-state index in [0.717, 1.165) is 24.8 Å². The number of hydrogen-bond donors (Lipinski definition) is 1. The predicted octanol–water partition coefficient (Wildman–Crippen LogP) is 3.29. The zero-order valence-corrected chi connectivity index (χ0v) is 11.4. The number of carbonyl (C=O) groups is 1. The lowest BCUT2D eigenvalue weighted by Gasteiger charge is -2.29. The highest BCUT2D eigenvalue weighted by atomic mass is 16.4. The molecule has 3 heteroatoms. The molecule has 104 valence electrons. The minimum atomic E-state index is -0.653. The van der Waals surface area contributed by atoms with Crippen LogP contribution >= 0.6 is 0 Å². The van der Waals surface area contributed by atoms with Crippen LogP contribution in [0.5, 0.6) is 0 Å². The first-order chi connectivity index (χ1) is 8.77. The van der Waals surface area contributed by atoms with E-state index in [1.807, 2.05) is 0 Å². The van der Waals surface area contributed by atoms with Crippen LogP contribution in [0.25, 0.3) is 0 Å². The van der Waals surface area contributed by atoms with Crippen molar-refractivity contribution in [2.24, 2.45) is 5.92 Å². The van der Waals surface area contributed by atoms with Gasteiger partial charge in [-0.05, 0) is 57.5 Å². The number of carboxylic acids is 1. The summed E-state index contributed by atoms with van der Waals surface area (Å²) in [7, 11) is 0. The van der Waals surface area contributed by atoms with Crippen molar-refractivity contribution >= 4 is 5.97 Å². The van der Waals surface area contributed by atoms with Crippen LogP contribution in [-0.2, 0) is 4.79 Å². The first kappa shape index (κ1) is 13.9. The van der Waals surface area contributed by atoms with Crippen molar-refractivity contribution < 1.29 is 9.90 Å². The lowest BCUT2D eigenvalue weighted by molar-refractivity contribution is -0.137. The molecular formula is C15H27NO2. The highest BCUT2D eigenvalue weighted by molar-refractivity contribution is 5.66. The molecule has 1 atom stereocenters. The summed E-state index contributed by atoms with van der Waals surface area (Å²) in [6.45, 7) is 2.47. The Morgan fingerprint density at radius 3 is 2.56 bits per heavy atom. The maximum atomic E-state index is 10.4. The molecule has 0 aromatic carbocycles. The largest absolute Gasteiger partial charge is 0.481 e. The van der Waals surface area contributed by atoms with Crippen molar-refractivity contribution in [3.63, 3.8) is 0 Å². The highest BCUT2D eigenvalue weighted by Crippen LogP contribution is 2.35. The van der Waals surface area contributed by atoms with Crippen molar-refractivity contribution in [3.05, 3.63) is 0 Å². The molecule has 2 rings (SSSR count). The quantitative estimate of drug-likeness (QED) is 0.708. The Labute approximate surface area is 111 Å². The monoisotopic (exact) mass is 253 g/mol. The van der Waals surface area contributed by atoms with Gasteiger partial charge < -0.3 is 10.0 Å². The normalized spacial score (nSPS) is 25.9. The number of aliphatic carboxylic acids is 1. The summed E-state index contributed by atoms with van der Waals surface area (Å²) in [4.78, 5) is 13.1. The zero-order valence-electron chi connectivity index (χ0n) is 11.4. The Morgan fingerprint density at radius 2 is 1.83 bits per heavy atom. The average molecular weight is 253 g/mol. The van der Waals surface area contributed by atoms with E-state index in [9.17, 15) is 4.79 Å². The van der Waals surface area contributed by atoms with Gasteiger partial charge in [-0.25, -0.2) is 0 Å². The maximum absolute atomic E-state index is 10.4. The summed E-state index contributed by atoms with van der Waals surface area (Å²) in [5, 5.41) is 8.60. The van der Waals surface area contributed by atoms with Crippen molar-refractivity contribution in [3.8, 4) is 0 Å². The SMILES string of the molecule is O=C(O)CCCCCN1CCCC1C1CCCC1. The van der Waals surface area contributed by atoms with Gasteiger partial charge in [-0.3, -0.25) is 4.79 Å². The number of nitrogens with zero attached hydrogens (tertiary/aromatic N) is 1. The lowest BCUT2D eigenvalue weighted by Crippen LogP contribution is -2.35. The molecule has 1 unspecified atom stereocenters. The summed E-state index contributed by atoms with van der Waals surface area (Å²) in [5.74, 6) is 0.312. The molecule has 1 saturated heterocycles. The van der Waals surface area contributed by atoms with E-state index >= 15 is 0 Å². The lowest BCUT2D eigenvalue weighted by atomic mass is 9.96. The van der Waals surface area contributed by atoms with Crippen LogP contribution in [0.15, 0.2) is 0 Å². The molecule has 0 aromatic rings. The van der Waals surface area contributed by atoms with Gasteiger partial charge in [-0.15, -0.1) is 0 Å². The van der Waals surface area contributed by atoms with E-state index in [0.29, 0.717) is 6.42 Å². The van der Waals surface area contributed by atoms with E-state index in [-0.39, 0.29) is 0 Å². The van der Waals surface area contributed by atoms with E-state index in [2.05, 4.69) is 4.90 Å². The van der Waals surface area contributed by atoms with Crippen LogP contribution in [0.2, 0.25) is 0 Å². The standard InChI is InChI=1S/C15H27NO2/c17-15(18)10-2-1-5-11-16-12-6-9-14(16)13-7-3-4-8-13/h13-14H,1-12H2,(H,17,18). The van der Waals surface area contributed by atoms with Gasteiger partial charge in [0.05, 0.1) is 0 Å². The fourth-order valence-electron chi connectivity index (χ4n) is 3.77. The number of hydrogen-bond acceptors (Lipinski definition) is 2. The zero-order chi connectivity index (χ0) is 12.8.